The lowest BCUT2D eigenvalue weighted by atomic mass is 10.0. The minimum atomic E-state index is 0.122. The van der Waals surface area contributed by atoms with Crippen LogP contribution in [0.2, 0.25) is 0 Å². The quantitative estimate of drug-likeness (QED) is 0.764. The van der Waals surface area contributed by atoms with E-state index in [0.29, 0.717) is 12.1 Å². The summed E-state index contributed by atoms with van der Waals surface area (Å²) in [5, 5.41) is 0. The van der Waals surface area contributed by atoms with Crippen molar-refractivity contribution in [2.24, 2.45) is 0 Å². The predicted octanol–water partition coefficient (Wildman–Crippen LogP) is 3.51. The first-order valence-electron chi connectivity index (χ1n) is 6.17. The van der Waals surface area contributed by atoms with E-state index in [4.69, 9.17) is 0 Å². The molecule has 0 radical (unpaired) electrons. The van der Waals surface area contributed by atoms with Crippen LogP contribution in [0.4, 0.5) is 0 Å². The zero-order valence-electron chi connectivity index (χ0n) is 10.8. The lowest BCUT2D eigenvalue weighted by Gasteiger charge is -2.05. The fourth-order valence-electron chi connectivity index (χ4n) is 2.03. The van der Waals surface area contributed by atoms with E-state index in [1.54, 1.807) is 6.20 Å². The van der Waals surface area contributed by atoms with Gasteiger partial charge in [-0.15, -0.1) is 0 Å². The normalized spacial score (nSPS) is 10.3. The monoisotopic (exact) mass is 239 g/mol. The number of aromatic nitrogens is 1. The molecule has 0 amide bonds. The molecule has 2 rings (SSSR count). The van der Waals surface area contributed by atoms with Crippen molar-refractivity contribution in [2.45, 2.75) is 26.7 Å². The van der Waals surface area contributed by atoms with E-state index in [1.807, 2.05) is 50.2 Å². The summed E-state index contributed by atoms with van der Waals surface area (Å²) < 4.78 is 0. The summed E-state index contributed by atoms with van der Waals surface area (Å²) in [6.07, 6.45) is 3.04. The molecule has 0 N–H and O–H groups in total. The molecule has 0 atom stereocenters. The second kappa shape index (κ2) is 5.58. The number of ketones is 1. The first kappa shape index (κ1) is 12.5. The highest BCUT2D eigenvalue weighted by Crippen LogP contribution is 2.11. The summed E-state index contributed by atoms with van der Waals surface area (Å²) >= 11 is 0. The summed E-state index contributed by atoms with van der Waals surface area (Å²) in [6.45, 7) is 3.92. The molecule has 0 unspecified atom stereocenters. The fraction of sp³-hybridized carbons (Fsp3) is 0.250. The average molecular weight is 239 g/mol. The van der Waals surface area contributed by atoms with Gasteiger partial charge in [0.1, 0.15) is 5.69 Å². The van der Waals surface area contributed by atoms with E-state index in [9.17, 15) is 4.79 Å². The summed E-state index contributed by atoms with van der Waals surface area (Å²) in [4.78, 5) is 16.3. The van der Waals surface area contributed by atoms with Crippen LogP contribution in [0.1, 0.15) is 33.6 Å². The molecule has 0 saturated carbocycles. The maximum Gasteiger partial charge on any atom is 0.181 e. The van der Waals surface area contributed by atoms with E-state index >= 15 is 0 Å². The Morgan fingerprint density at radius 3 is 2.56 bits per heavy atom. The van der Waals surface area contributed by atoms with E-state index in [1.165, 1.54) is 5.56 Å². The van der Waals surface area contributed by atoms with Gasteiger partial charge in [-0.25, -0.2) is 0 Å². The van der Waals surface area contributed by atoms with Gasteiger partial charge in [-0.05, 0) is 37.0 Å². The largest absolute Gasteiger partial charge is 0.292 e. The Balaban J connectivity index is 2.04. The number of Topliss-reactive ketones (excluding diaryl/α,β-unsaturated/α-hetero) is 1. The molecule has 1 aromatic carbocycles. The van der Waals surface area contributed by atoms with Gasteiger partial charge in [0, 0.05) is 12.6 Å². The fourth-order valence-corrected chi connectivity index (χ4v) is 2.03. The van der Waals surface area contributed by atoms with E-state index < -0.39 is 0 Å². The number of carbonyl (C=O) groups is 1. The Morgan fingerprint density at radius 1 is 1.17 bits per heavy atom. The highest BCUT2D eigenvalue weighted by molar-refractivity contribution is 5.95. The Labute approximate surface area is 108 Å². The molecular weight excluding hydrogens is 222 g/mol. The number of pyridine rings is 1. The number of rotatable bonds is 4. The van der Waals surface area contributed by atoms with Crippen molar-refractivity contribution < 1.29 is 4.79 Å². The summed E-state index contributed by atoms with van der Waals surface area (Å²) in [7, 11) is 0. The highest BCUT2D eigenvalue weighted by Gasteiger charge is 2.10. The highest BCUT2D eigenvalue weighted by atomic mass is 16.1. The third kappa shape index (κ3) is 3.04. The number of nitrogens with zero attached hydrogens (tertiary/aromatic N) is 1. The van der Waals surface area contributed by atoms with Crippen molar-refractivity contribution in [3.63, 3.8) is 0 Å². The zero-order chi connectivity index (χ0) is 13.0. The zero-order valence-corrected chi connectivity index (χ0v) is 10.8. The van der Waals surface area contributed by atoms with Crippen LogP contribution in [-0.2, 0) is 6.42 Å². The first-order chi connectivity index (χ1) is 8.66. The van der Waals surface area contributed by atoms with Gasteiger partial charge in [0.25, 0.3) is 0 Å². The van der Waals surface area contributed by atoms with Crippen LogP contribution in [0.3, 0.4) is 0 Å². The molecule has 0 fully saturated rings. The van der Waals surface area contributed by atoms with Gasteiger partial charge >= 0.3 is 0 Å². The summed E-state index contributed by atoms with van der Waals surface area (Å²) in [5.74, 6) is 0.122. The molecule has 2 aromatic rings. The van der Waals surface area contributed by atoms with Gasteiger partial charge in [0.15, 0.2) is 5.78 Å². The van der Waals surface area contributed by atoms with Gasteiger partial charge in [-0.2, -0.15) is 0 Å². The summed E-state index contributed by atoms with van der Waals surface area (Å²) in [5.41, 5.74) is 3.85. The van der Waals surface area contributed by atoms with Gasteiger partial charge in [-0.3, -0.25) is 9.78 Å². The number of carbonyl (C=O) groups excluding carboxylic acids is 1. The molecule has 18 heavy (non-hydrogen) atoms. The van der Waals surface area contributed by atoms with Crippen molar-refractivity contribution in [2.75, 3.05) is 0 Å². The number of benzene rings is 1. The Hall–Kier alpha value is -1.96. The minimum absolute atomic E-state index is 0.122. The van der Waals surface area contributed by atoms with Crippen LogP contribution in [0, 0.1) is 13.8 Å². The van der Waals surface area contributed by atoms with Crippen LogP contribution in [0.5, 0.6) is 0 Å². The van der Waals surface area contributed by atoms with Crippen molar-refractivity contribution in [1.29, 1.82) is 0 Å². The van der Waals surface area contributed by atoms with Crippen molar-refractivity contribution in [1.82, 2.24) is 4.98 Å². The van der Waals surface area contributed by atoms with Crippen LogP contribution in [0.25, 0.3) is 0 Å². The average Bonchev–Trinajstić information content (AvgIpc) is 2.37. The Bertz CT molecular complexity index is 546. The van der Waals surface area contributed by atoms with Crippen molar-refractivity contribution >= 4 is 5.78 Å². The van der Waals surface area contributed by atoms with Crippen molar-refractivity contribution in [3.8, 4) is 0 Å². The lowest BCUT2D eigenvalue weighted by molar-refractivity contribution is 0.0977. The SMILES string of the molecule is Cc1cnc(C(=O)CCc2ccccc2)c(C)c1. The number of aryl methyl sites for hydroxylation is 3. The maximum absolute atomic E-state index is 12.1. The van der Waals surface area contributed by atoms with E-state index in [2.05, 4.69) is 4.98 Å². The van der Waals surface area contributed by atoms with Gasteiger partial charge < -0.3 is 0 Å². The third-order valence-corrected chi connectivity index (χ3v) is 2.96. The van der Waals surface area contributed by atoms with Gasteiger partial charge in [0.05, 0.1) is 0 Å². The third-order valence-electron chi connectivity index (χ3n) is 2.96. The molecule has 1 heterocycles. The molecule has 0 aliphatic heterocycles. The first-order valence-corrected chi connectivity index (χ1v) is 6.17. The van der Waals surface area contributed by atoms with E-state index in [-0.39, 0.29) is 5.78 Å². The molecule has 0 aliphatic carbocycles. The number of hydrogen-bond donors (Lipinski definition) is 0. The molecule has 0 aliphatic rings. The summed E-state index contributed by atoms with van der Waals surface area (Å²) in [6, 6.07) is 12.1. The van der Waals surface area contributed by atoms with E-state index in [0.717, 1.165) is 17.5 Å². The van der Waals surface area contributed by atoms with Gasteiger partial charge in [-0.1, -0.05) is 36.4 Å². The standard InChI is InChI=1S/C16H17NO/c1-12-10-13(2)16(17-11-12)15(18)9-8-14-6-4-3-5-7-14/h3-7,10-11H,8-9H2,1-2H3. The molecule has 0 bridgehead atoms. The molecule has 0 saturated heterocycles. The van der Waals surface area contributed by atoms with Crippen molar-refractivity contribution in [3.05, 3.63) is 65.0 Å². The molecule has 2 nitrogen and oxygen atoms in total. The predicted molar refractivity (Wildman–Crippen MR) is 72.8 cm³/mol. The topological polar surface area (TPSA) is 30.0 Å². The Kier molecular flexibility index (Phi) is 3.88. The molecule has 2 heteroatoms. The number of hydrogen-bond acceptors (Lipinski definition) is 2. The smallest absolute Gasteiger partial charge is 0.181 e. The maximum atomic E-state index is 12.1. The van der Waals surface area contributed by atoms with Crippen LogP contribution >= 0.6 is 0 Å². The minimum Gasteiger partial charge on any atom is -0.292 e. The molecule has 92 valence electrons. The van der Waals surface area contributed by atoms with Crippen LogP contribution < -0.4 is 0 Å². The molecule has 0 spiro atoms. The Morgan fingerprint density at radius 2 is 1.89 bits per heavy atom. The lowest BCUT2D eigenvalue weighted by Crippen LogP contribution is -2.06. The second-order valence-electron chi connectivity index (χ2n) is 4.59. The molecule has 1 aromatic heterocycles. The van der Waals surface area contributed by atoms with Crippen LogP contribution in [0.15, 0.2) is 42.6 Å². The second-order valence-corrected chi connectivity index (χ2v) is 4.59. The van der Waals surface area contributed by atoms with Crippen LogP contribution in [-0.4, -0.2) is 10.8 Å². The molecular formula is C16H17NO. The van der Waals surface area contributed by atoms with Gasteiger partial charge in [0.2, 0.25) is 0 Å².